The molecule has 1 heterocycles. The highest BCUT2D eigenvalue weighted by molar-refractivity contribution is 9.10. The van der Waals surface area contributed by atoms with Gasteiger partial charge >= 0.3 is 0 Å². The zero-order valence-corrected chi connectivity index (χ0v) is 11.4. The molecule has 0 saturated carbocycles. The van der Waals surface area contributed by atoms with Gasteiger partial charge in [-0.25, -0.2) is 9.07 Å². The van der Waals surface area contributed by atoms with Gasteiger partial charge in [-0.05, 0) is 25.1 Å². The summed E-state index contributed by atoms with van der Waals surface area (Å²) in [5.74, 6) is -0.260. The van der Waals surface area contributed by atoms with Gasteiger partial charge in [-0.2, -0.15) is 0 Å². The fourth-order valence-electron chi connectivity index (χ4n) is 1.41. The normalized spacial score (nSPS) is 12.7. The van der Waals surface area contributed by atoms with Crippen molar-refractivity contribution in [3.05, 3.63) is 45.9 Å². The van der Waals surface area contributed by atoms with Crippen molar-refractivity contribution in [3.63, 3.8) is 0 Å². The maximum absolute atomic E-state index is 13.5. The number of aromatic nitrogens is 3. The van der Waals surface area contributed by atoms with Crippen LogP contribution in [0, 0.1) is 5.82 Å². The minimum atomic E-state index is -0.260. The van der Waals surface area contributed by atoms with Crippen LogP contribution < -0.4 is 0 Å². The highest BCUT2D eigenvalue weighted by Crippen LogP contribution is 2.18. The van der Waals surface area contributed by atoms with Gasteiger partial charge in [-0.15, -0.1) is 16.7 Å². The Morgan fingerprint density at radius 2 is 2.29 bits per heavy atom. The molecule has 1 unspecified atom stereocenters. The summed E-state index contributed by atoms with van der Waals surface area (Å²) in [6.07, 6.45) is 1.72. The third kappa shape index (κ3) is 3.04. The van der Waals surface area contributed by atoms with Gasteiger partial charge in [0, 0.05) is 10.0 Å². The van der Waals surface area contributed by atoms with Crippen molar-refractivity contribution in [2.24, 2.45) is 0 Å². The lowest BCUT2D eigenvalue weighted by atomic mass is 10.2. The lowest BCUT2D eigenvalue weighted by Gasteiger charge is -2.03. The lowest BCUT2D eigenvalue weighted by Crippen LogP contribution is -2.02. The number of alkyl halides is 1. The summed E-state index contributed by atoms with van der Waals surface area (Å²) in [6.45, 7) is 2.15. The second-order valence-electron chi connectivity index (χ2n) is 3.69. The van der Waals surface area contributed by atoms with Crippen LogP contribution in [0.3, 0.4) is 0 Å². The largest absolute Gasteiger partial charge is 0.248 e. The average molecular weight is 319 g/mol. The molecular formula is C11H10BrClFN3. The molecule has 3 nitrogen and oxygen atoms in total. The molecule has 0 amide bonds. The molecule has 0 aliphatic carbocycles. The molecule has 1 atom stereocenters. The van der Waals surface area contributed by atoms with Crippen LogP contribution in [0.5, 0.6) is 0 Å². The molecule has 0 bridgehead atoms. The van der Waals surface area contributed by atoms with Gasteiger partial charge < -0.3 is 0 Å². The topological polar surface area (TPSA) is 30.7 Å². The summed E-state index contributed by atoms with van der Waals surface area (Å²) in [6, 6.07) is 4.80. The summed E-state index contributed by atoms with van der Waals surface area (Å²) in [7, 11) is 0. The van der Waals surface area contributed by atoms with E-state index in [9.17, 15) is 4.39 Å². The quantitative estimate of drug-likeness (QED) is 0.811. The Labute approximate surface area is 112 Å². The molecule has 0 spiro atoms. The van der Waals surface area contributed by atoms with Gasteiger partial charge in [0.25, 0.3) is 0 Å². The van der Waals surface area contributed by atoms with Gasteiger partial charge in [0.2, 0.25) is 0 Å². The van der Waals surface area contributed by atoms with Crippen molar-refractivity contribution >= 4 is 27.5 Å². The molecule has 0 radical (unpaired) electrons. The molecule has 0 N–H and O–H groups in total. The number of benzene rings is 1. The first-order chi connectivity index (χ1) is 8.06. The maximum Gasteiger partial charge on any atom is 0.128 e. The van der Waals surface area contributed by atoms with Crippen LogP contribution in [0.25, 0.3) is 0 Å². The number of hydrogen-bond donors (Lipinski definition) is 0. The van der Waals surface area contributed by atoms with E-state index in [1.807, 2.05) is 6.92 Å². The Hall–Kier alpha value is -0.940. The monoisotopic (exact) mass is 317 g/mol. The summed E-state index contributed by atoms with van der Waals surface area (Å²) < 4.78 is 15.9. The Balaban J connectivity index is 2.22. The van der Waals surface area contributed by atoms with Crippen molar-refractivity contribution in [1.82, 2.24) is 15.0 Å². The van der Waals surface area contributed by atoms with Crippen LogP contribution in [0.15, 0.2) is 28.9 Å². The van der Waals surface area contributed by atoms with Gasteiger partial charge in [0.05, 0.1) is 18.1 Å². The molecule has 0 aliphatic heterocycles. The minimum absolute atomic E-state index is 0.198. The molecule has 0 aliphatic rings. The van der Waals surface area contributed by atoms with E-state index in [0.717, 1.165) is 4.47 Å². The van der Waals surface area contributed by atoms with E-state index in [2.05, 4.69) is 26.2 Å². The van der Waals surface area contributed by atoms with Gasteiger partial charge in [-0.3, -0.25) is 0 Å². The van der Waals surface area contributed by atoms with E-state index in [1.54, 1.807) is 23.0 Å². The Bertz CT molecular complexity index is 527. The highest BCUT2D eigenvalue weighted by atomic mass is 79.9. The van der Waals surface area contributed by atoms with E-state index < -0.39 is 0 Å². The summed E-state index contributed by atoms with van der Waals surface area (Å²) in [5.41, 5.74) is 1.24. The lowest BCUT2D eigenvalue weighted by molar-refractivity contribution is 0.576. The Morgan fingerprint density at radius 1 is 1.53 bits per heavy atom. The first-order valence-corrected chi connectivity index (χ1v) is 6.27. The number of hydrogen-bond acceptors (Lipinski definition) is 2. The first kappa shape index (κ1) is 12.5. The molecule has 0 fully saturated rings. The van der Waals surface area contributed by atoms with E-state index >= 15 is 0 Å². The molecule has 17 heavy (non-hydrogen) atoms. The molecule has 1 aromatic carbocycles. The predicted octanol–water partition coefficient (Wildman–Crippen LogP) is 3.53. The van der Waals surface area contributed by atoms with Crippen molar-refractivity contribution in [3.8, 4) is 0 Å². The molecule has 2 rings (SSSR count). The molecular weight excluding hydrogens is 308 g/mol. The summed E-state index contributed by atoms with van der Waals surface area (Å²) in [4.78, 5) is 0. The third-order valence-electron chi connectivity index (χ3n) is 2.30. The van der Waals surface area contributed by atoms with E-state index in [-0.39, 0.29) is 11.2 Å². The third-order valence-corrected chi connectivity index (χ3v) is 3.02. The zero-order valence-electron chi connectivity index (χ0n) is 9.07. The second-order valence-corrected chi connectivity index (χ2v) is 5.26. The minimum Gasteiger partial charge on any atom is -0.248 e. The van der Waals surface area contributed by atoms with Crippen molar-refractivity contribution in [2.75, 3.05) is 0 Å². The fourth-order valence-corrected chi connectivity index (χ4v) is 1.92. The van der Waals surface area contributed by atoms with Gasteiger partial charge in [0.15, 0.2) is 0 Å². The van der Waals surface area contributed by atoms with Crippen LogP contribution >= 0.6 is 27.5 Å². The average Bonchev–Trinajstić information content (AvgIpc) is 2.72. The number of rotatable bonds is 3. The molecule has 1 aromatic heterocycles. The van der Waals surface area contributed by atoms with Crippen LogP contribution in [0.2, 0.25) is 0 Å². The summed E-state index contributed by atoms with van der Waals surface area (Å²) >= 11 is 9.18. The van der Waals surface area contributed by atoms with Gasteiger partial charge in [-0.1, -0.05) is 21.1 Å². The Kier molecular flexibility index (Phi) is 3.79. The molecule has 0 saturated heterocycles. The maximum atomic E-state index is 13.5. The van der Waals surface area contributed by atoms with Crippen molar-refractivity contribution in [2.45, 2.75) is 18.8 Å². The first-order valence-electron chi connectivity index (χ1n) is 5.04. The summed E-state index contributed by atoms with van der Waals surface area (Å²) in [5, 5.41) is 7.62. The predicted molar refractivity (Wildman–Crippen MR) is 67.5 cm³/mol. The molecule has 6 heteroatoms. The van der Waals surface area contributed by atoms with Gasteiger partial charge in [0.1, 0.15) is 11.5 Å². The van der Waals surface area contributed by atoms with E-state index in [4.69, 9.17) is 11.6 Å². The van der Waals surface area contributed by atoms with Crippen LogP contribution in [-0.4, -0.2) is 15.0 Å². The smallest absolute Gasteiger partial charge is 0.128 e. The number of nitrogens with zero attached hydrogens (tertiary/aromatic N) is 3. The molecule has 90 valence electrons. The SMILES string of the molecule is CC(Cl)c1cn(Cc2cc(Br)ccc2F)nn1. The highest BCUT2D eigenvalue weighted by Gasteiger charge is 2.09. The van der Waals surface area contributed by atoms with Crippen molar-refractivity contribution < 1.29 is 4.39 Å². The van der Waals surface area contributed by atoms with Crippen LogP contribution in [0.1, 0.15) is 23.6 Å². The number of halogens is 3. The van der Waals surface area contributed by atoms with E-state index in [1.165, 1.54) is 6.07 Å². The zero-order chi connectivity index (χ0) is 12.4. The van der Waals surface area contributed by atoms with Crippen LogP contribution in [0.4, 0.5) is 4.39 Å². The molecule has 2 aromatic rings. The van der Waals surface area contributed by atoms with Crippen molar-refractivity contribution in [1.29, 1.82) is 0 Å². The Morgan fingerprint density at radius 3 is 2.94 bits per heavy atom. The van der Waals surface area contributed by atoms with E-state index in [0.29, 0.717) is 17.8 Å². The van der Waals surface area contributed by atoms with Crippen LogP contribution in [-0.2, 0) is 6.54 Å². The standard InChI is InChI=1S/C11H10BrClFN3/c1-7(13)11-6-17(16-15-11)5-8-4-9(12)2-3-10(8)14/h2-4,6-7H,5H2,1H3. The fraction of sp³-hybridized carbons (Fsp3) is 0.273. The second kappa shape index (κ2) is 5.14.